The summed E-state index contributed by atoms with van der Waals surface area (Å²) in [5.41, 5.74) is 2.06. The molecule has 10 nitrogen and oxygen atoms in total. The Kier molecular flexibility index (Phi) is 5.26. The first-order chi connectivity index (χ1) is 16.4. The van der Waals surface area contributed by atoms with Crippen LogP contribution in [-0.4, -0.2) is 62.7 Å². The van der Waals surface area contributed by atoms with Crippen molar-refractivity contribution in [3.63, 3.8) is 0 Å². The predicted molar refractivity (Wildman–Crippen MR) is 130 cm³/mol. The molecule has 3 fully saturated rings. The minimum absolute atomic E-state index is 0.0113. The molecule has 2 atom stereocenters. The Bertz CT molecular complexity index is 1280. The van der Waals surface area contributed by atoms with Crippen LogP contribution in [0.5, 0.6) is 0 Å². The number of anilines is 1. The molecule has 0 bridgehead atoms. The molecule has 3 saturated heterocycles. The highest BCUT2D eigenvalue weighted by Crippen LogP contribution is 2.55. The van der Waals surface area contributed by atoms with Crippen molar-refractivity contribution >= 4 is 34.6 Å². The minimum Gasteiger partial charge on any atom is -0.465 e. The second-order valence-electron chi connectivity index (χ2n) is 11.4. The van der Waals surface area contributed by atoms with Crippen LogP contribution < -0.4 is 15.9 Å². The first-order valence-corrected chi connectivity index (χ1v) is 12.2. The van der Waals surface area contributed by atoms with Gasteiger partial charge in [-0.2, -0.15) is 0 Å². The van der Waals surface area contributed by atoms with Crippen molar-refractivity contribution in [2.45, 2.75) is 58.5 Å². The van der Waals surface area contributed by atoms with Crippen molar-refractivity contribution in [2.75, 3.05) is 24.5 Å². The third kappa shape index (κ3) is 3.52. The van der Waals surface area contributed by atoms with Crippen LogP contribution in [0.3, 0.4) is 0 Å². The summed E-state index contributed by atoms with van der Waals surface area (Å²) in [4.78, 5) is 52.9. The molecule has 5 rings (SSSR count). The highest BCUT2D eigenvalue weighted by Gasteiger charge is 2.58. The van der Waals surface area contributed by atoms with E-state index in [0.29, 0.717) is 25.0 Å². The van der Waals surface area contributed by atoms with Gasteiger partial charge in [-0.1, -0.05) is 26.8 Å². The summed E-state index contributed by atoms with van der Waals surface area (Å²) in [6.45, 7) is 8.49. The maximum absolute atomic E-state index is 13.4. The fourth-order valence-electron chi connectivity index (χ4n) is 6.80. The van der Waals surface area contributed by atoms with Gasteiger partial charge in [0.15, 0.2) is 0 Å². The molecule has 1 aromatic heterocycles. The standard InChI is InChI=1S/C25H33N5O5/c1-24(2,3)21-25(10-12-28(13-11-25)23(34)35)14-29(21)15-6-5-7-16-19(15)27(4)22(33)30(16)17-8-9-18(31)26-20(17)32/h5-7,17,21H,8-14H2,1-4H3,(H,34,35)(H,26,31,32). The van der Waals surface area contributed by atoms with E-state index >= 15 is 0 Å². The third-order valence-electron chi connectivity index (χ3n) is 8.14. The number of amides is 3. The minimum atomic E-state index is -0.863. The summed E-state index contributed by atoms with van der Waals surface area (Å²) < 4.78 is 3.12. The van der Waals surface area contributed by atoms with Crippen molar-refractivity contribution in [1.29, 1.82) is 0 Å². The number of aromatic nitrogens is 2. The van der Waals surface area contributed by atoms with E-state index in [1.165, 1.54) is 9.47 Å². The number of carbonyl (C=O) groups is 3. The Labute approximate surface area is 203 Å². The highest BCUT2D eigenvalue weighted by atomic mass is 16.4. The summed E-state index contributed by atoms with van der Waals surface area (Å²) in [5.74, 6) is -0.755. The average Bonchev–Trinajstić information content (AvgIpc) is 3.02. The lowest BCUT2D eigenvalue weighted by molar-refractivity contribution is -0.135. The SMILES string of the molecule is Cn1c(=O)n(C2CCC(=O)NC2=O)c2cccc(N3CC4(CCN(C(=O)O)CC4)C3C(C)(C)C)c21. The van der Waals surface area contributed by atoms with Gasteiger partial charge in [-0.05, 0) is 36.8 Å². The van der Waals surface area contributed by atoms with Crippen molar-refractivity contribution in [2.24, 2.45) is 17.9 Å². The van der Waals surface area contributed by atoms with Gasteiger partial charge in [0.2, 0.25) is 11.8 Å². The van der Waals surface area contributed by atoms with Gasteiger partial charge >= 0.3 is 11.8 Å². The van der Waals surface area contributed by atoms with Crippen LogP contribution in [0.25, 0.3) is 11.0 Å². The Morgan fingerprint density at radius 2 is 1.83 bits per heavy atom. The summed E-state index contributed by atoms with van der Waals surface area (Å²) in [6, 6.07) is 5.24. The number of carbonyl (C=O) groups excluding carboxylic acids is 2. The number of para-hydroxylation sites is 1. The van der Waals surface area contributed by atoms with Crippen LogP contribution in [0.15, 0.2) is 23.0 Å². The van der Waals surface area contributed by atoms with Crippen LogP contribution in [0, 0.1) is 10.8 Å². The highest BCUT2D eigenvalue weighted by molar-refractivity contribution is 6.00. The molecule has 0 radical (unpaired) electrons. The van der Waals surface area contributed by atoms with Gasteiger partial charge in [-0.15, -0.1) is 0 Å². The Balaban J connectivity index is 1.55. The van der Waals surface area contributed by atoms with E-state index in [1.54, 1.807) is 11.6 Å². The average molecular weight is 484 g/mol. The normalized spacial score (nSPS) is 24.6. The van der Waals surface area contributed by atoms with E-state index in [2.05, 4.69) is 31.0 Å². The van der Waals surface area contributed by atoms with E-state index in [4.69, 9.17) is 0 Å². The van der Waals surface area contributed by atoms with Gasteiger partial charge < -0.3 is 14.9 Å². The topological polar surface area (TPSA) is 117 Å². The molecule has 1 aromatic carbocycles. The molecule has 3 aliphatic heterocycles. The zero-order valence-electron chi connectivity index (χ0n) is 20.7. The number of imide groups is 1. The van der Waals surface area contributed by atoms with Crippen molar-refractivity contribution in [1.82, 2.24) is 19.4 Å². The molecule has 2 N–H and O–H groups in total. The zero-order chi connectivity index (χ0) is 25.3. The molecule has 0 aliphatic carbocycles. The number of hydrogen-bond acceptors (Lipinski definition) is 5. The number of imidazole rings is 1. The Morgan fingerprint density at radius 1 is 1.14 bits per heavy atom. The van der Waals surface area contributed by atoms with Crippen molar-refractivity contribution in [3.05, 3.63) is 28.7 Å². The third-order valence-corrected chi connectivity index (χ3v) is 8.14. The lowest BCUT2D eigenvalue weighted by atomic mass is 9.57. The quantitative estimate of drug-likeness (QED) is 0.633. The molecule has 3 amide bonds. The van der Waals surface area contributed by atoms with Crippen LogP contribution in [0.1, 0.15) is 52.5 Å². The van der Waals surface area contributed by atoms with E-state index < -0.39 is 18.0 Å². The summed E-state index contributed by atoms with van der Waals surface area (Å²) in [6.07, 6.45) is 1.25. The van der Waals surface area contributed by atoms with E-state index in [0.717, 1.165) is 30.6 Å². The molecule has 1 spiro atoms. The monoisotopic (exact) mass is 483 g/mol. The molecule has 2 aromatic rings. The second-order valence-corrected chi connectivity index (χ2v) is 11.4. The number of piperidine rings is 2. The van der Waals surface area contributed by atoms with Gasteiger partial charge in [0.05, 0.1) is 16.7 Å². The fraction of sp³-hybridized carbons (Fsp3) is 0.600. The number of fused-ring (bicyclic) bond motifs is 1. The number of carboxylic acid groups (broad SMARTS) is 1. The maximum Gasteiger partial charge on any atom is 0.407 e. The van der Waals surface area contributed by atoms with Gasteiger partial charge in [-0.3, -0.25) is 24.0 Å². The molecular formula is C25H33N5O5. The molecule has 188 valence electrons. The maximum atomic E-state index is 13.4. The van der Waals surface area contributed by atoms with Gasteiger partial charge in [-0.25, -0.2) is 9.59 Å². The molecular weight excluding hydrogens is 450 g/mol. The van der Waals surface area contributed by atoms with Gasteiger partial charge in [0.25, 0.3) is 0 Å². The van der Waals surface area contributed by atoms with Crippen LogP contribution in [-0.2, 0) is 16.6 Å². The first kappa shape index (κ1) is 23.4. The van der Waals surface area contributed by atoms with Crippen LogP contribution >= 0.6 is 0 Å². The summed E-state index contributed by atoms with van der Waals surface area (Å²) in [7, 11) is 1.73. The van der Waals surface area contributed by atoms with E-state index in [1.807, 2.05) is 18.2 Å². The predicted octanol–water partition coefficient (Wildman–Crippen LogP) is 2.31. The number of aryl methyl sites for hydroxylation is 1. The smallest absolute Gasteiger partial charge is 0.407 e. The van der Waals surface area contributed by atoms with E-state index in [9.17, 15) is 24.3 Å². The number of nitrogens with one attached hydrogen (secondary N) is 1. The molecule has 10 heteroatoms. The van der Waals surface area contributed by atoms with Gasteiger partial charge in [0, 0.05) is 44.6 Å². The molecule has 35 heavy (non-hydrogen) atoms. The van der Waals surface area contributed by atoms with Crippen molar-refractivity contribution in [3.8, 4) is 0 Å². The molecule has 4 heterocycles. The zero-order valence-corrected chi connectivity index (χ0v) is 20.7. The Morgan fingerprint density at radius 3 is 2.43 bits per heavy atom. The lowest BCUT2D eigenvalue weighted by Crippen LogP contribution is -2.72. The molecule has 2 unspecified atom stereocenters. The summed E-state index contributed by atoms with van der Waals surface area (Å²) >= 11 is 0. The van der Waals surface area contributed by atoms with Gasteiger partial charge in [0.1, 0.15) is 6.04 Å². The number of hydrogen-bond donors (Lipinski definition) is 2. The fourth-order valence-corrected chi connectivity index (χ4v) is 6.80. The molecule has 0 saturated carbocycles. The number of nitrogens with zero attached hydrogens (tertiary/aromatic N) is 4. The van der Waals surface area contributed by atoms with Crippen molar-refractivity contribution < 1.29 is 19.5 Å². The van der Waals surface area contributed by atoms with Crippen LogP contribution in [0.4, 0.5) is 10.5 Å². The number of rotatable bonds is 2. The first-order valence-electron chi connectivity index (χ1n) is 12.2. The van der Waals surface area contributed by atoms with Crippen LogP contribution in [0.2, 0.25) is 0 Å². The molecule has 3 aliphatic rings. The van der Waals surface area contributed by atoms with E-state index in [-0.39, 0.29) is 34.9 Å². The largest absolute Gasteiger partial charge is 0.465 e. The number of benzene rings is 1. The Hall–Kier alpha value is -3.30. The lowest BCUT2D eigenvalue weighted by Gasteiger charge is -2.65. The second kappa shape index (κ2) is 7.86. The summed E-state index contributed by atoms with van der Waals surface area (Å²) in [5, 5.41) is 11.8. The number of likely N-dealkylation sites (tertiary alicyclic amines) is 1.